The lowest BCUT2D eigenvalue weighted by Gasteiger charge is -2.21. The summed E-state index contributed by atoms with van der Waals surface area (Å²) < 4.78 is 11.6. The van der Waals surface area contributed by atoms with E-state index in [1.807, 2.05) is 33.8 Å². The molecule has 0 saturated heterocycles. The van der Waals surface area contributed by atoms with E-state index in [2.05, 4.69) is 10.3 Å². The molecule has 4 N–H and O–H groups in total. The second kappa shape index (κ2) is 10.3. The molecule has 0 fully saturated rings. The number of amidine groups is 1. The lowest BCUT2D eigenvalue weighted by Crippen LogP contribution is -2.30. The molecule has 1 aliphatic heterocycles. The number of primary amides is 1. The van der Waals surface area contributed by atoms with Gasteiger partial charge in [-0.05, 0) is 42.2 Å². The minimum atomic E-state index is -0.441. The fraction of sp³-hybridized carbons (Fsp3) is 0.393. The van der Waals surface area contributed by atoms with E-state index >= 15 is 0 Å². The number of aromatic nitrogens is 1. The molecule has 1 aliphatic rings. The number of Topliss-reactive ketones (excluding diaryl/α,β-unsaturated/α-hetero) is 1. The molecule has 38 heavy (non-hydrogen) atoms. The standard InChI is InChI=1S/C28H33N5O5/c1-6-37-22-11-16-13-33(26(30)17(16)12-18(22)27(36)31-5)14-21(34)15-9-19(28(2,3)4)25-20(10-15)32-24(38-25)8-7-23(29)35/h9-12,30H,6-8,13-14H2,1-5H3,(H2,29,35)(H,31,36). The second-order valence-corrected chi connectivity index (χ2v) is 10.3. The van der Waals surface area contributed by atoms with Crippen LogP contribution >= 0.6 is 0 Å². The van der Waals surface area contributed by atoms with E-state index in [9.17, 15) is 14.4 Å². The zero-order chi connectivity index (χ0) is 27.8. The molecule has 0 saturated carbocycles. The maximum Gasteiger partial charge on any atom is 0.254 e. The number of amides is 2. The van der Waals surface area contributed by atoms with Gasteiger partial charge >= 0.3 is 0 Å². The average Bonchev–Trinajstić information content (AvgIpc) is 3.40. The van der Waals surface area contributed by atoms with Crippen LogP contribution in [0, 0.1) is 5.41 Å². The minimum Gasteiger partial charge on any atom is -0.493 e. The van der Waals surface area contributed by atoms with Crippen LogP contribution in [0.1, 0.15) is 77.4 Å². The van der Waals surface area contributed by atoms with Gasteiger partial charge in [-0.2, -0.15) is 0 Å². The molecule has 0 bridgehead atoms. The van der Waals surface area contributed by atoms with Crippen molar-refractivity contribution in [3.05, 3.63) is 58.0 Å². The van der Waals surface area contributed by atoms with E-state index in [0.717, 1.165) is 11.1 Å². The maximum atomic E-state index is 13.5. The average molecular weight is 520 g/mol. The summed E-state index contributed by atoms with van der Waals surface area (Å²) >= 11 is 0. The van der Waals surface area contributed by atoms with Gasteiger partial charge in [0.05, 0.1) is 18.7 Å². The predicted octanol–water partition coefficient (Wildman–Crippen LogP) is 3.33. The molecule has 0 spiro atoms. The highest BCUT2D eigenvalue weighted by molar-refractivity contribution is 6.08. The lowest BCUT2D eigenvalue weighted by atomic mass is 9.85. The van der Waals surface area contributed by atoms with E-state index < -0.39 is 5.91 Å². The Hall–Kier alpha value is -4.21. The minimum absolute atomic E-state index is 0.0196. The van der Waals surface area contributed by atoms with E-state index in [0.29, 0.717) is 52.6 Å². The number of fused-ring (bicyclic) bond motifs is 2. The van der Waals surface area contributed by atoms with Crippen LogP contribution in [0.15, 0.2) is 28.7 Å². The third kappa shape index (κ3) is 5.25. The summed E-state index contributed by atoms with van der Waals surface area (Å²) in [7, 11) is 1.54. The molecule has 2 heterocycles. The van der Waals surface area contributed by atoms with Gasteiger partial charge in [0.1, 0.15) is 17.1 Å². The van der Waals surface area contributed by atoms with E-state index in [-0.39, 0.29) is 42.3 Å². The number of carbonyl (C=O) groups is 3. The fourth-order valence-electron chi connectivity index (χ4n) is 4.55. The van der Waals surface area contributed by atoms with Crippen molar-refractivity contribution in [1.82, 2.24) is 15.2 Å². The molecule has 0 radical (unpaired) electrons. The first-order chi connectivity index (χ1) is 17.9. The van der Waals surface area contributed by atoms with Gasteiger partial charge in [-0.25, -0.2) is 4.98 Å². The van der Waals surface area contributed by atoms with Crippen LogP contribution in [0.25, 0.3) is 11.1 Å². The number of aryl methyl sites for hydroxylation is 1. The van der Waals surface area contributed by atoms with Crippen molar-refractivity contribution >= 4 is 34.5 Å². The quantitative estimate of drug-likeness (QED) is 0.367. The Kier molecular flexibility index (Phi) is 7.26. The summed E-state index contributed by atoms with van der Waals surface area (Å²) in [5, 5.41) is 11.3. The SMILES string of the molecule is CCOc1cc2c(cc1C(=O)NC)C(=N)N(CC(=O)c1cc(C(C)(C)C)c3oc(CCC(N)=O)nc3c1)C2. The van der Waals surface area contributed by atoms with E-state index in [4.69, 9.17) is 20.3 Å². The van der Waals surface area contributed by atoms with Crippen LogP contribution in [0.2, 0.25) is 0 Å². The molecular weight excluding hydrogens is 486 g/mol. The highest BCUT2D eigenvalue weighted by Gasteiger charge is 2.30. The topological polar surface area (TPSA) is 152 Å². The molecule has 1 aromatic heterocycles. The van der Waals surface area contributed by atoms with Gasteiger partial charge in [0.15, 0.2) is 17.3 Å². The van der Waals surface area contributed by atoms with Crippen LogP contribution in [0.4, 0.5) is 0 Å². The number of ether oxygens (including phenoxy) is 1. The highest BCUT2D eigenvalue weighted by atomic mass is 16.5. The number of carbonyl (C=O) groups excluding carboxylic acids is 3. The third-order valence-corrected chi connectivity index (χ3v) is 6.49. The first-order valence-corrected chi connectivity index (χ1v) is 12.5. The number of nitrogens with zero attached hydrogens (tertiary/aromatic N) is 2. The Morgan fingerprint density at radius 2 is 1.95 bits per heavy atom. The maximum absolute atomic E-state index is 13.5. The van der Waals surface area contributed by atoms with Crippen molar-refractivity contribution < 1.29 is 23.5 Å². The largest absolute Gasteiger partial charge is 0.493 e. The first-order valence-electron chi connectivity index (χ1n) is 12.5. The number of nitrogens with one attached hydrogen (secondary N) is 2. The predicted molar refractivity (Wildman–Crippen MR) is 143 cm³/mol. The molecule has 2 amide bonds. The van der Waals surface area contributed by atoms with Gasteiger partial charge < -0.3 is 25.1 Å². The van der Waals surface area contributed by atoms with Gasteiger partial charge in [0, 0.05) is 43.1 Å². The van der Waals surface area contributed by atoms with Gasteiger partial charge in [-0.1, -0.05) is 20.8 Å². The number of oxazole rings is 1. The van der Waals surface area contributed by atoms with Gasteiger partial charge in [0.2, 0.25) is 5.91 Å². The summed E-state index contributed by atoms with van der Waals surface area (Å²) in [5.41, 5.74) is 9.11. The zero-order valence-corrected chi connectivity index (χ0v) is 22.4. The summed E-state index contributed by atoms with van der Waals surface area (Å²) in [6.45, 7) is 8.63. The van der Waals surface area contributed by atoms with Crippen LogP contribution < -0.4 is 15.8 Å². The van der Waals surface area contributed by atoms with Crippen LogP contribution in [0.5, 0.6) is 5.75 Å². The number of nitrogens with two attached hydrogens (primary N) is 1. The van der Waals surface area contributed by atoms with Gasteiger partial charge in [0.25, 0.3) is 5.91 Å². The molecule has 4 rings (SSSR count). The van der Waals surface area contributed by atoms with Crippen molar-refractivity contribution in [2.24, 2.45) is 5.73 Å². The van der Waals surface area contributed by atoms with Crippen molar-refractivity contribution in [2.75, 3.05) is 20.2 Å². The summed E-state index contributed by atoms with van der Waals surface area (Å²) in [5.74, 6) is 0.100. The molecule has 0 unspecified atom stereocenters. The third-order valence-electron chi connectivity index (χ3n) is 6.49. The first kappa shape index (κ1) is 26.8. The molecule has 10 nitrogen and oxygen atoms in total. The fourth-order valence-corrected chi connectivity index (χ4v) is 4.55. The zero-order valence-electron chi connectivity index (χ0n) is 22.4. The van der Waals surface area contributed by atoms with Crippen LogP contribution in [-0.4, -0.2) is 53.5 Å². The summed E-state index contributed by atoms with van der Waals surface area (Å²) in [4.78, 5) is 43.3. The monoisotopic (exact) mass is 519 g/mol. The summed E-state index contributed by atoms with van der Waals surface area (Å²) in [6.07, 6.45) is 0.398. The number of hydrogen-bond donors (Lipinski definition) is 3. The Morgan fingerprint density at radius 1 is 1.21 bits per heavy atom. The lowest BCUT2D eigenvalue weighted by molar-refractivity contribution is -0.118. The van der Waals surface area contributed by atoms with Crippen LogP contribution in [-0.2, 0) is 23.2 Å². The van der Waals surface area contributed by atoms with E-state index in [1.54, 1.807) is 30.1 Å². The molecule has 0 atom stereocenters. The number of hydrogen-bond acceptors (Lipinski definition) is 7. The van der Waals surface area contributed by atoms with Crippen molar-refractivity contribution in [1.29, 1.82) is 5.41 Å². The van der Waals surface area contributed by atoms with Gasteiger partial charge in [-0.3, -0.25) is 19.8 Å². The molecular formula is C28H33N5O5. The van der Waals surface area contributed by atoms with Crippen molar-refractivity contribution in [2.45, 2.75) is 52.5 Å². The van der Waals surface area contributed by atoms with E-state index in [1.165, 1.54) is 0 Å². The van der Waals surface area contributed by atoms with Gasteiger partial charge in [-0.15, -0.1) is 0 Å². The van der Waals surface area contributed by atoms with Crippen molar-refractivity contribution in [3.8, 4) is 5.75 Å². The summed E-state index contributed by atoms with van der Waals surface area (Å²) in [6, 6.07) is 6.93. The number of rotatable bonds is 9. The Morgan fingerprint density at radius 3 is 2.58 bits per heavy atom. The second-order valence-electron chi connectivity index (χ2n) is 10.3. The highest BCUT2D eigenvalue weighted by Crippen LogP contribution is 2.34. The van der Waals surface area contributed by atoms with Crippen molar-refractivity contribution in [3.63, 3.8) is 0 Å². The Bertz CT molecular complexity index is 1450. The number of ketones is 1. The molecule has 200 valence electrons. The molecule has 0 aliphatic carbocycles. The molecule has 2 aromatic carbocycles. The van der Waals surface area contributed by atoms with Crippen LogP contribution in [0.3, 0.4) is 0 Å². The Balaban J connectivity index is 1.63. The number of benzene rings is 2. The Labute approximate surface area is 221 Å². The smallest absolute Gasteiger partial charge is 0.254 e. The molecule has 10 heteroatoms. The normalized spacial score (nSPS) is 13.1. The molecule has 3 aromatic rings.